The maximum Gasteiger partial charge on any atom is 0.255 e. The van der Waals surface area contributed by atoms with Crippen LogP contribution in [0.2, 0.25) is 0 Å². The van der Waals surface area contributed by atoms with Crippen LogP contribution in [0.1, 0.15) is 10.4 Å². The van der Waals surface area contributed by atoms with Crippen molar-refractivity contribution in [3.8, 4) is 11.5 Å². The normalized spacial score (nSPS) is 10.2. The number of hydrogen-bond acceptors (Lipinski definition) is 5. The van der Waals surface area contributed by atoms with Crippen LogP contribution < -0.4 is 25.4 Å². The van der Waals surface area contributed by atoms with Gasteiger partial charge in [0.05, 0.1) is 32.1 Å². The molecular weight excluding hydrogens is 462 g/mol. The summed E-state index contributed by atoms with van der Waals surface area (Å²) < 4.78 is 11.7. The number of amides is 2. The lowest BCUT2D eigenvalue weighted by molar-refractivity contribution is -0.114. The Morgan fingerprint density at radius 2 is 1.52 bits per heavy atom. The van der Waals surface area contributed by atoms with Gasteiger partial charge >= 0.3 is 0 Å². The predicted molar refractivity (Wildman–Crippen MR) is 125 cm³/mol. The number of rotatable bonds is 8. The third-order valence-electron chi connectivity index (χ3n) is 4.35. The molecule has 3 aromatic rings. The summed E-state index contributed by atoms with van der Waals surface area (Å²) in [5, 5.41) is 8.69. The second-order valence-corrected chi connectivity index (χ2v) is 7.40. The molecule has 0 spiro atoms. The highest BCUT2D eigenvalue weighted by Gasteiger charge is 2.15. The summed E-state index contributed by atoms with van der Waals surface area (Å²) in [4.78, 5) is 24.8. The monoisotopic (exact) mass is 483 g/mol. The number of halogens is 1. The molecule has 0 unspecified atom stereocenters. The molecule has 3 aromatic carbocycles. The molecule has 0 saturated carbocycles. The highest BCUT2D eigenvalue weighted by atomic mass is 79.9. The van der Waals surface area contributed by atoms with E-state index in [1.807, 2.05) is 24.3 Å². The van der Waals surface area contributed by atoms with Gasteiger partial charge in [-0.05, 0) is 30.3 Å². The minimum Gasteiger partial charge on any atom is -0.495 e. The topological polar surface area (TPSA) is 88.7 Å². The third kappa shape index (κ3) is 5.99. The van der Waals surface area contributed by atoms with Crippen molar-refractivity contribution >= 4 is 44.8 Å². The van der Waals surface area contributed by atoms with E-state index in [0.29, 0.717) is 34.1 Å². The standard InChI is InChI=1S/C23H22BrN3O4/c1-30-20-13-19(27-23(29)15-7-4-3-5-8-15)21(31-2)12-18(20)25-14-22(28)26-17-10-6-9-16(24)11-17/h3-13,25H,14H2,1-2H3,(H,26,28)(H,27,29). The average molecular weight is 484 g/mol. The largest absolute Gasteiger partial charge is 0.495 e. The van der Waals surface area contributed by atoms with Crippen molar-refractivity contribution in [1.82, 2.24) is 0 Å². The van der Waals surface area contributed by atoms with E-state index in [1.165, 1.54) is 14.2 Å². The van der Waals surface area contributed by atoms with E-state index in [2.05, 4.69) is 31.9 Å². The van der Waals surface area contributed by atoms with Crippen molar-refractivity contribution in [2.24, 2.45) is 0 Å². The molecule has 8 heteroatoms. The predicted octanol–water partition coefficient (Wildman–Crippen LogP) is 4.77. The first-order valence-corrected chi connectivity index (χ1v) is 10.2. The number of anilines is 3. The van der Waals surface area contributed by atoms with Crippen LogP contribution in [-0.4, -0.2) is 32.6 Å². The number of hydrogen-bond donors (Lipinski definition) is 3. The summed E-state index contributed by atoms with van der Waals surface area (Å²) in [7, 11) is 3.01. The molecule has 0 saturated heterocycles. The van der Waals surface area contributed by atoms with Crippen molar-refractivity contribution in [2.75, 3.05) is 36.7 Å². The van der Waals surface area contributed by atoms with Gasteiger partial charge in [0.25, 0.3) is 5.91 Å². The fourth-order valence-corrected chi connectivity index (χ4v) is 3.26. The van der Waals surface area contributed by atoms with Crippen LogP contribution in [0.3, 0.4) is 0 Å². The van der Waals surface area contributed by atoms with E-state index in [0.717, 1.165) is 4.47 Å². The minimum absolute atomic E-state index is 0.0156. The Bertz CT molecular complexity index is 1070. The Morgan fingerprint density at radius 1 is 0.839 bits per heavy atom. The molecule has 3 rings (SSSR count). The highest BCUT2D eigenvalue weighted by molar-refractivity contribution is 9.10. The second kappa shape index (κ2) is 10.5. The summed E-state index contributed by atoms with van der Waals surface area (Å²) in [6.07, 6.45) is 0. The van der Waals surface area contributed by atoms with E-state index in [4.69, 9.17) is 9.47 Å². The first-order valence-electron chi connectivity index (χ1n) is 9.42. The van der Waals surface area contributed by atoms with Crippen LogP contribution >= 0.6 is 15.9 Å². The van der Waals surface area contributed by atoms with E-state index in [1.54, 1.807) is 42.5 Å². The number of carbonyl (C=O) groups is 2. The lowest BCUT2D eigenvalue weighted by atomic mass is 10.2. The van der Waals surface area contributed by atoms with Gasteiger partial charge in [-0.25, -0.2) is 0 Å². The number of benzene rings is 3. The Balaban J connectivity index is 1.72. The molecule has 160 valence electrons. The summed E-state index contributed by atoms with van der Waals surface area (Å²) in [5.41, 5.74) is 2.22. The van der Waals surface area contributed by atoms with Crippen LogP contribution in [-0.2, 0) is 4.79 Å². The maximum atomic E-state index is 12.5. The van der Waals surface area contributed by atoms with Gasteiger partial charge in [-0.15, -0.1) is 0 Å². The van der Waals surface area contributed by atoms with E-state index in [9.17, 15) is 9.59 Å². The van der Waals surface area contributed by atoms with E-state index in [-0.39, 0.29) is 18.4 Å². The van der Waals surface area contributed by atoms with Crippen molar-refractivity contribution in [1.29, 1.82) is 0 Å². The second-order valence-electron chi connectivity index (χ2n) is 6.49. The zero-order valence-electron chi connectivity index (χ0n) is 17.1. The van der Waals surface area contributed by atoms with Crippen LogP contribution in [0.4, 0.5) is 17.1 Å². The van der Waals surface area contributed by atoms with Crippen LogP contribution in [0.5, 0.6) is 11.5 Å². The Hall–Kier alpha value is -3.52. The lowest BCUT2D eigenvalue weighted by Crippen LogP contribution is -2.22. The summed E-state index contributed by atoms with van der Waals surface area (Å²) in [5.74, 6) is 0.398. The molecule has 0 fully saturated rings. The fraction of sp³-hybridized carbons (Fsp3) is 0.130. The van der Waals surface area contributed by atoms with E-state index >= 15 is 0 Å². The van der Waals surface area contributed by atoms with Gasteiger partial charge in [0.2, 0.25) is 5.91 Å². The quantitative estimate of drug-likeness (QED) is 0.429. The smallest absolute Gasteiger partial charge is 0.255 e. The summed E-state index contributed by atoms with van der Waals surface area (Å²) >= 11 is 3.37. The number of nitrogens with one attached hydrogen (secondary N) is 3. The van der Waals surface area contributed by atoms with Gasteiger partial charge < -0.3 is 25.4 Å². The molecule has 0 aliphatic carbocycles. The van der Waals surface area contributed by atoms with Gasteiger partial charge in [0.15, 0.2) is 0 Å². The molecule has 0 aliphatic rings. The van der Waals surface area contributed by atoms with Gasteiger partial charge in [-0.3, -0.25) is 9.59 Å². The summed E-state index contributed by atoms with van der Waals surface area (Å²) in [6.45, 7) is 0.0156. The molecular formula is C23H22BrN3O4. The molecule has 2 amide bonds. The molecule has 0 aliphatic heterocycles. The van der Waals surface area contributed by atoms with Crippen molar-refractivity contribution in [3.63, 3.8) is 0 Å². The molecule has 0 radical (unpaired) electrons. The molecule has 3 N–H and O–H groups in total. The zero-order valence-corrected chi connectivity index (χ0v) is 18.7. The first-order chi connectivity index (χ1) is 15.0. The Labute approximate surface area is 188 Å². The zero-order chi connectivity index (χ0) is 22.2. The van der Waals surface area contributed by atoms with Gasteiger partial charge in [-0.2, -0.15) is 0 Å². The molecule has 0 atom stereocenters. The Kier molecular flexibility index (Phi) is 7.50. The molecule has 0 aromatic heterocycles. The third-order valence-corrected chi connectivity index (χ3v) is 4.85. The average Bonchev–Trinajstić information content (AvgIpc) is 2.78. The lowest BCUT2D eigenvalue weighted by Gasteiger charge is -2.17. The number of methoxy groups -OCH3 is 2. The van der Waals surface area contributed by atoms with Crippen molar-refractivity contribution < 1.29 is 19.1 Å². The SMILES string of the molecule is COc1cc(NC(=O)c2ccccc2)c(OC)cc1NCC(=O)Nc1cccc(Br)c1. The molecule has 0 heterocycles. The fourth-order valence-electron chi connectivity index (χ4n) is 2.86. The highest BCUT2D eigenvalue weighted by Crippen LogP contribution is 2.36. The van der Waals surface area contributed by atoms with Gasteiger partial charge in [0.1, 0.15) is 11.5 Å². The summed E-state index contributed by atoms with van der Waals surface area (Å²) in [6, 6.07) is 19.5. The van der Waals surface area contributed by atoms with E-state index < -0.39 is 0 Å². The Morgan fingerprint density at radius 3 is 2.19 bits per heavy atom. The van der Waals surface area contributed by atoms with Gasteiger partial charge in [-0.1, -0.05) is 40.2 Å². The van der Waals surface area contributed by atoms with Crippen LogP contribution in [0.25, 0.3) is 0 Å². The van der Waals surface area contributed by atoms with Crippen molar-refractivity contribution in [2.45, 2.75) is 0 Å². The molecule has 7 nitrogen and oxygen atoms in total. The van der Waals surface area contributed by atoms with Crippen LogP contribution in [0.15, 0.2) is 71.2 Å². The van der Waals surface area contributed by atoms with Gasteiger partial charge in [0, 0.05) is 27.9 Å². The maximum absolute atomic E-state index is 12.5. The molecule has 0 bridgehead atoms. The minimum atomic E-state index is -0.268. The number of ether oxygens (including phenoxy) is 2. The first kappa shape index (κ1) is 22.2. The molecule has 31 heavy (non-hydrogen) atoms. The number of carbonyl (C=O) groups excluding carboxylic acids is 2. The van der Waals surface area contributed by atoms with Crippen molar-refractivity contribution in [3.05, 3.63) is 76.8 Å². The van der Waals surface area contributed by atoms with Crippen LogP contribution in [0, 0.1) is 0 Å².